The molecule has 1 aromatic heterocycles. The van der Waals surface area contributed by atoms with E-state index in [1.54, 1.807) is 0 Å². The first kappa shape index (κ1) is 11.7. The summed E-state index contributed by atoms with van der Waals surface area (Å²) in [5, 5.41) is 11.0. The summed E-state index contributed by atoms with van der Waals surface area (Å²) in [5.74, 6) is 0.801. The Morgan fingerprint density at radius 1 is 1.25 bits per heavy atom. The van der Waals surface area contributed by atoms with Crippen molar-refractivity contribution >= 4 is 26.9 Å². The van der Waals surface area contributed by atoms with Crippen molar-refractivity contribution in [2.24, 2.45) is 5.92 Å². The SMILES string of the molecule is Cc1cc(Br)cc2cc(C(O)C(C)C)oc12. The lowest BCUT2D eigenvalue weighted by Gasteiger charge is -2.10. The molecule has 1 atom stereocenters. The van der Waals surface area contributed by atoms with Crippen LogP contribution in [0.15, 0.2) is 27.1 Å². The highest BCUT2D eigenvalue weighted by atomic mass is 79.9. The first-order chi connectivity index (χ1) is 7.49. The van der Waals surface area contributed by atoms with Crippen LogP contribution >= 0.6 is 15.9 Å². The number of aliphatic hydroxyl groups is 1. The summed E-state index contributed by atoms with van der Waals surface area (Å²) in [6.45, 7) is 5.95. The minimum Gasteiger partial charge on any atom is -0.458 e. The van der Waals surface area contributed by atoms with Gasteiger partial charge in [-0.2, -0.15) is 0 Å². The van der Waals surface area contributed by atoms with Gasteiger partial charge in [0.25, 0.3) is 0 Å². The molecular weight excluding hydrogens is 268 g/mol. The van der Waals surface area contributed by atoms with Gasteiger partial charge >= 0.3 is 0 Å². The molecule has 2 rings (SSSR count). The first-order valence-electron chi connectivity index (χ1n) is 5.36. The zero-order valence-electron chi connectivity index (χ0n) is 9.62. The van der Waals surface area contributed by atoms with E-state index in [4.69, 9.17) is 4.42 Å². The molecule has 1 heterocycles. The van der Waals surface area contributed by atoms with Gasteiger partial charge in [-0.3, -0.25) is 0 Å². The van der Waals surface area contributed by atoms with E-state index in [1.165, 1.54) is 0 Å². The molecule has 0 aliphatic heterocycles. The normalized spacial score (nSPS) is 13.6. The largest absolute Gasteiger partial charge is 0.458 e. The topological polar surface area (TPSA) is 33.4 Å². The highest BCUT2D eigenvalue weighted by molar-refractivity contribution is 9.10. The molecule has 0 bridgehead atoms. The van der Waals surface area contributed by atoms with Crippen LogP contribution in [0.1, 0.15) is 31.3 Å². The number of benzene rings is 1. The van der Waals surface area contributed by atoms with E-state index in [-0.39, 0.29) is 5.92 Å². The molecule has 16 heavy (non-hydrogen) atoms. The summed E-state index contributed by atoms with van der Waals surface area (Å²) >= 11 is 3.45. The lowest BCUT2D eigenvalue weighted by atomic mass is 10.1. The summed E-state index contributed by atoms with van der Waals surface area (Å²) < 4.78 is 6.74. The Labute approximate surface area is 103 Å². The molecule has 86 valence electrons. The smallest absolute Gasteiger partial charge is 0.137 e. The van der Waals surface area contributed by atoms with Crippen LogP contribution in [0.4, 0.5) is 0 Å². The number of fused-ring (bicyclic) bond motifs is 1. The van der Waals surface area contributed by atoms with E-state index in [0.717, 1.165) is 21.0 Å². The minimum absolute atomic E-state index is 0.157. The fraction of sp³-hybridized carbons (Fsp3) is 0.385. The van der Waals surface area contributed by atoms with Crippen molar-refractivity contribution in [1.82, 2.24) is 0 Å². The third kappa shape index (κ3) is 2.02. The molecule has 3 heteroatoms. The first-order valence-corrected chi connectivity index (χ1v) is 6.16. The van der Waals surface area contributed by atoms with Gasteiger partial charge in [-0.05, 0) is 36.6 Å². The lowest BCUT2D eigenvalue weighted by Crippen LogP contribution is -2.03. The Morgan fingerprint density at radius 3 is 2.56 bits per heavy atom. The quantitative estimate of drug-likeness (QED) is 0.896. The zero-order valence-corrected chi connectivity index (χ0v) is 11.2. The molecule has 0 fully saturated rings. The summed E-state index contributed by atoms with van der Waals surface area (Å²) in [5.41, 5.74) is 1.93. The predicted octanol–water partition coefficient (Wildman–Crippen LogP) is 4.19. The standard InChI is InChI=1S/C13H15BrO2/c1-7(2)12(15)11-6-9-5-10(14)4-8(3)13(9)16-11/h4-7,12,15H,1-3H3. The molecule has 1 aromatic carbocycles. The van der Waals surface area contributed by atoms with Crippen LogP contribution in [0.2, 0.25) is 0 Å². The van der Waals surface area contributed by atoms with Gasteiger partial charge in [0.15, 0.2) is 0 Å². The Kier molecular flexibility index (Phi) is 3.08. The van der Waals surface area contributed by atoms with Crippen molar-refractivity contribution in [3.63, 3.8) is 0 Å². The maximum Gasteiger partial charge on any atom is 0.137 e. The molecule has 0 aliphatic carbocycles. The Morgan fingerprint density at radius 2 is 1.94 bits per heavy atom. The number of rotatable bonds is 2. The number of aryl methyl sites for hydroxylation is 1. The van der Waals surface area contributed by atoms with Gasteiger partial charge in [0.2, 0.25) is 0 Å². The van der Waals surface area contributed by atoms with Crippen LogP contribution in [0, 0.1) is 12.8 Å². The second-order valence-corrected chi connectivity index (χ2v) is 5.39. The Bertz CT molecular complexity index is 514. The third-order valence-electron chi connectivity index (χ3n) is 2.71. The van der Waals surface area contributed by atoms with Crippen LogP contribution in [0.3, 0.4) is 0 Å². The lowest BCUT2D eigenvalue weighted by molar-refractivity contribution is 0.104. The van der Waals surface area contributed by atoms with Crippen molar-refractivity contribution < 1.29 is 9.52 Å². The predicted molar refractivity (Wildman–Crippen MR) is 68.4 cm³/mol. The van der Waals surface area contributed by atoms with E-state index < -0.39 is 6.10 Å². The fourth-order valence-electron chi connectivity index (χ4n) is 1.78. The Balaban J connectivity index is 2.56. The molecule has 1 N–H and O–H groups in total. The van der Waals surface area contributed by atoms with Crippen molar-refractivity contribution in [1.29, 1.82) is 0 Å². The van der Waals surface area contributed by atoms with Crippen molar-refractivity contribution in [2.75, 3.05) is 0 Å². The van der Waals surface area contributed by atoms with Crippen LogP contribution in [0.25, 0.3) is 11.0 Å². The molecule has 0 saturated carbocycles. The van der Waals surface area contributed by atoms with Crippen molar-refractivity contribution in [2.45, 2.75) is 26.9 Å². The van der Waals surface area contributed by atoms with Gasteiger partial charge in [0, 0.05) is 9.86 Å². The van der Waals surface area contributed by atoms with E-state index in [1.807, 2.05) is 39.0 Å². The molecule has 2 aromatic rings. The minimum atomic E-state index is -0.537. The van der Waals surface area contributed by atoms with E-state index >= 15 is 0 Å². The van der Waals surface area contributed by atoms with Crippen LogP contribution in [-0.4, -0.2) is 5.11 Å². The zero-order chi connectivity index (χ0) is 11.9. The summed E-state index contributed by atoms with van der Waals surface area (Å²) in [6.07, 6.45) is -0.537. The highest BCUT2D eigenvalue weighted by Gasteiger charge is 2.17. The summed E-state index contributed by atoms with van der Waals surface area (Å²) in [7, 11) is 0. The Hall–Kier alpha value is -0.800. The average molecular weight is 283 g/mol. The van der Waals surface area contributed by atoms with Crippen LogP contribution < -0.4 is 0 Å². The number of aliphatic hydroxyl groups excluding tert-OH is 1. The second-order valence-electron chi connectivity index (χ2n) is 4.48. The van der Waals surface area contributed by atoms with Gasteiger partial charge in [0.1, 0.15) is 17.4 Å². The monoisotopic (exact) mass is 282 g/mol. The van der Waals surface area contributed by atoms with Gasteiger partial charge in [-0.1, -0.05) is 29.8 Å². The summed E-state index contributed by atoms with van der Waals surface area (Å²) in [4.78, 5) is 0. The van der Waals surface area contributed by atoms with Gasteiger partial charge < -0.3 is 9.52 Å². The molecule has 0 radical (unpaired) electrons. The number of halogens is 1. The van der Waals surface area contributed by atoms with E-state index in [0.29, 0.717) is 5.76 Å². The van der Waals surface area contributed by atoms with Crippen LogP contribution in [0.5, 0.6) is 0 Å². The molecule has 0 saturated heterocycles. The number of hydrogen-bond acceptors (Lipinski definition) is 2. The maximum atomic E-state index is 9.95. The molecule has 1 unspecified atom stereocenters. The molecule has 2 nitrogen and oxygen atoms in total. The summed E-state index contributed by atoms with van der Waals surface area (Å²) in [6, 6.07) is 5.93. The van der Waals surface area contributed by atoms with E-state index in [2.05, 4.69) is 15.9 Å². The molecular formula is C13H15BrO2. The van der Waals surface area contributed by atoms with Crippen LogP contribution in [-0.2, 0) is 0 Å². The maximum absolute atomic E-state index is 9.95. The van der Waals surface area contributed by atoms with Crippen molar-refractivity contribution in [3.05, 3.63) is 34.0 Å². The van der Waals surface area contributed by atoms with E-state index in [9.17, 15) is 5.11 Å². The molecule has 0 spiro atoms. The van der Waals surface area contributed by atoms with Gasteiger partial charge in [-0.15, -0.1) is 0 Å². The van der Waals surface area contributed by atoms with Gasteiger partial charge in [-0.25, -0.2) is 0 Å². The second kappa shape index (κ2) is 4.22. The van der Waals surface area contributed by atoms with Crippen molar-refractivity contribution in [3.8, 4) is 0 Å². The molecule has 0 aliphatic rings. The highest BCUT2D eigenvalue weighted by Crippen LogP contribution is 2.31. The fourth-order valence-corrected chi connectivity index (χ4v) is 2.37. The van der Waals surface area contributed by atoms with Gasteiger partial charge in [0.05, 0.1) is 0 Å². The molecule has 0 amide bonds. The number of furan rings is 1. The third-order valence-corrected chi connectivity index (χ3v) is 3.17. The number of hydrogen-bond donors (Lipinski definition) is 1. The average Bonchev–Trinajstić information content (AvgIpc) is 2.60.